The monoisotopic (exact) mass is 417 g/mol. The van der Waals surface area contributed by atoms with Crippen LogP contribution in [-0.2, 0) is 0 Å². The molecule has 0 unspecified atom stereocenters. The van der Waals surface area contributed by atoms with E-state index in [1.807, 2.05) is 13.0 Å². The van der Waals surface area contributed by atoms with Crippen LogP contribution in [0.2, 0.25) is 5.02 Å². The standard InChI is InChI=1S/C14H13ClIN3O2/c1-2-17-14-10(16)7-18-13(19-14)8-5-9(15)12-11(6-8)20-3-4-21-12/h5-7H,2-4H2,1H3,(H,17,18,19). The van der Waals surface area contributed by atoms with Gasteiger partial charge in [0, 0.05) is 18.3 Å². The molecule has 0 saturated carbocycles. The SMILES string of the molecule is CCNc1nc(-c2cc(Cl)c3c(c2)OCCO3)ncc1I. The van der Waals surface area contributed by atoms with Gasteiger partial charge in [0.25, 0.3) is 0 Å². The zero-order valence-corrected chi connectivity index (χ0v) is 14.2. The number of fused-ring (bicyclic) bond motifs is 1. The van der Waals surface area contributed by atoms with Gasteiger partial charge in [0.15, 0.2) is 17.3 Å². The van der Waals surface area contributed by atoms with Crippen molar-refractivity contribution in [3.63, 3.8) is 0 Å². The number of rotatable bonds is 3. The molecule has 7 heteroatoms. The van der Waals surface area contributed by atoms with Gasteiger partial charge in [-0.25, -0.2) is 9.97 Å². The van der Waals surface area contributed by atoms with Crippen LogP contribution in [0.15, 0.2) is 18.3 Å². The molecule has 0 fully saturated rings. The largest absolute Gasteiger partial charge is 0.486 e. The van der Waals surface area contributed by atoms with Crippen molar-refractivity contribution in [2.45, 2.75) is 6.92 Å². The highest BCUT2D eigenvalue weighted by Crippen LogP contribution is 2.40. The Bertz CT molecular complexity index is 682. The van der Waals surface area contributed by atoms with Crippen LogP contribution in [0.3, 0.4) is 0 Å². The highest BCUT2D eigenvalue weighted by atomic mass is 127. The minimum Gasteiger partial charge on any atom is -0.486 e. The van der Waals surface area contributed by atoms with Crippen molar-refractivity contribution >= 4 is 40.0 Å². The third-order valence-electron chi connectivity index (χ3n) is 2.94. The van der Waals surface area contributed by atoms with Crippen molar-refractivity contribution in [3.8, 4) is 22.9 Å². The molecule has 0 saturated heterocycles. The van der Waals surface area contributed by atoms with Gasteiger partial charge in [-0.3, -0.25) is 0 Å². The summed E-state index contributed by atoms with van der Waals surface area (Å²) < 4.78 is 12.1. The highest BCUT2D eigenvalue weighted by Gasteiger charge is 2.18. The molecule has 1 aromatic heterocycles. The first kappa shape index (κ1) is 14.6. The lowest BCUT2D eigenvalue weighted by Gasteiger charge is -2.20. The zero-order valence-electron chi connectivity index (χ0n) is 11.3. The molecule has 5 nitrogen and oxygen atoms in total. The number of nitrogens with one attached hydrogen (secondary N) is 1. The van der Waals surface area contributed by atoms with E-state index in [1.165, 1.54) is 0 Å². The van der Waals surface area contributed by atoms with E-state index in [1.54, 1.807) is 12.3 Å². The molecule has 3 rings (SSSR count). The highest BCUT2D eigenvalue weighted by molar-refractivity contribution is 14.1. The molecule has 1 aliphatic heterocycles. The van der Waals surface area contributed by atoms with Gasteiger partial charge in [0.05, 0.1) is 8.59 Å². The number of ether oxygens (including phenoxy) is 2. The summed E-state index contributed by atoms with van der Waals surface area (Å²) in [6, 6.07) is 3.66. The van der Waals surface area contributed by atoms with Crippen molar-refractivity contribution < 1.29 is 9.47 Å². The average Bonchev–Trinajstić information content (AvgIpc) is 2.50. The van der Waals surface area contributed by atoms with Gasteiger partial charge >= 0.3 is 0 Å². The summed E-state index contributed by atoms with van der Waals surface area (Å²) in [5, 5.41) is 3.72. The van der Waals surface area contributed by atoms with Crippen LogP contribution in [0.1, 0.15) is 6.92 Å². The van der Waals surface area contributed by atoms with E-state index in [4.69, 9.17) is 21.1 Å². The molecule has 0 aliphatic carbocycles. The van der Waals surface area contributed by atoms with Gasteiger partial charge in [-0.2, -0.15) is 0 Å². The minimum absolute atomic E-state index is 0.509. The first-order chi connectivity index (χ1) is 10.2. The number of hydrogen-bond donors (Lipinski definition) is 1. The maximum absolute atomic E-state index is 6.25. The third-order valence-corrected chi connectivity index (χ3v) is 4.01. The van der Waals surface area contributed by atoms with E-state index >= 15 is 0 Å². The number of aromatic nitrogens is 2. The molecule has 0 spiro atoms. The quantitative estimate of drug-likeness (QED) is 0.773. The van der Waals surface area contributed by atoms with Crippen molar-refractivity contribution in [2.24, 2.45) is 0 Å². The van der Waals surface area contributed by atoms with E-state index in [2.05, 4.69) is 37.9 Å². The fourth-order valence-electron chi connectivity index (χ4n) is 2.04. The second-order valence-electron chi connectivity index (χ2n) is 4.40. The molecule has 0 amide bonds. The van der Waals surface area contributed by atoms with E-state index < -0.39 is 0 Å². The summed E-state index contributed by atoms with van der Waals surface area (Å²) in [5.41, 5.74) is 0.805. The molecule has 110 valence electrons. The lowest BCUT2D eigenvalue weighted by atomic mass is 10.1. The lowest BCUT2D eigenvalue weighted by Crippen LogP contribution is -2.15. The molecule has 0 bridgehead atoms. The first-order valence-electron chi connectivity index (χ1n) is 6.55. The Hall–Kier alpha value is -1.28. The van der Waals surface area contributed by atoms with Crippen molar-refractivity contribution in [2.75, 3.05) is 25.1 Å². The maximum Gasteiger partial charge on any atom is 0.179 e. The average molecular weight is 418 g/mol. The van der Waals surface area contributed by atoms with Gasteiger partial charge in [-0.1, -0.05) is 11.6 Å². The number of benzene rings is 1. The lowest BCUT2D eigenvalue weighted by molar-refractivity contribution is 0.172. The Morgan fingerprint density at radius 3 is 2.95 bits per heavy atom. The third kappa shape index (κ3) is 3.01. The van der Waals surface area contributed by atoms with Gasteiger partial charge in [0.1, 0.15) is 19.0 Å². The van der Waals surface area contributed by atoms with Crippen LogP contribution in [0.25, 0.3) is 11.4 Å². The van der Waals surface area contributed by atoms with E-state index in [9.17, 15) is 0 Å². The summed E-state index contributed by atoms with van der Waals surface area (Å²) in [4.78, 5) is 8.91. The fraction of sp³-hybridized carbons (Fsp3) is 0.286. The van der Waals surface area contributed by atoms with Crippen molar-refractivity contribution in [3.05, 3.63) is 26.9 Å². The van der Waals surface area contributed by atoms with Gasteiger partial charge in [-0.15, -0.1) is 0 Å². The Morgan fingerprint density at radius 1 is 1.33 bits per heavy atom. The molecule has 21 heavy (non-hydrogen) atoms. The smallest absolute Gasteiger partial charge is 0.179 e. The van der Waals surface area contributed by atoms with Gasteiger partial charge < -0.3 is 14.8 Å². The summed E-state index contributed by atoms with van der Waals surface area (Å²) in [6.07, 6.45) is 1.78. The first-order valence-corrected chi connectivity index (χ1v) is 8.00. The van der Waals surface area contributed by atoms with Crippen LogP contribution in [0, 0.1) is 3.57 Å². The van der Waals surface area contributed by atoms with Crippen LogP contribution in [0.5, 0.6) is 11.5 Å². The summed E-state index contributed by atoms with van der Waals surface area (Å²) in [7, 11) is 0. The molecular weight excluding hydrogens is 405 g/mol. The van der Waals surface area contributed by atoms with Crippen LogP contribution in [0.4, 0.5) is 5.82 Å². The molecule has 0 radical (unpaired) electrons. The Labute approximate surface area is 141 Å². The molecule has 1 N–H and O–H groups in total. The van der Waals surface area contributed by atoms with Crippen LogP contribution in [-0.4, -0.2) is 29.7 Å². The molecule has 2 heterocycles. The van der Waals surface area contributed by atoms with E-state index in [-0.39, 0.29) is 0 Å². The maximum atomic E-state index is 6.25. The Kier molecular flexibility index (Phi) is 4.34. The number of anilines is 1. The van der Waals surface area contributed by atoms with Crippen LogP contribution >= 0.6 is 34.2 Å². The van der Waals surface area contributed by atoms with Gasteiger partial charge in [-0.05, 0) is 41.6 Å². The summed E-state index contributed by atoms with van der Waals surface area (Å²) in [5.74, 6) is 2.64. The van der Waals surface area contributed by atoms with E-state index in [0.717, 1.165) is 21.5 Å². The van der Waals surface area contributed by atoms with Crippen LogP contribution < -0.4 is 14.8 Å². The minimum atomic E-state index is 0.509. The predicted octanol–water partition coefficient (Wildman–Crippen LogP) is 3.60. The second-order valence-corrected chi connectivity index (χ2v) is 5.97. The molecular formula is C14H13ClIN3O2. The topological polar surface area (TPSA) is 56.3 Å². The fourth-order valence-corrected chi connectivity index (χ4v) is 2.75. The summed E-state index contributed by atoms with van der Waals surface area (Å²) >= 11 is 8.45. The molecule has 0 atom stereocenters. The van der Waals surface area contributed by atoms with E-state index in [0.29, 0.717) is 35.6 Å². The normalized spacial score (nSPS) is 13.1. The summed E-state index contributed by atoms with van der Waals surface area (Å²) in [6.45, 7) is 3.85. The number of nitrogens with zero attached hydrogens (tertiary/aromatic N) is 2. The molecule has 1 aromatic carbocycles. The Morgan fingerprint density at radius 2 is 2.14 bits per heavy atom. The predicted molar refractivity (Wildman–Crippen MR) is 90.3 cm³/mol. The molecule has 1 aliphatic rings. The van der Waals surface area contributed by atoms with Gasteiger partial charge in [0.2, 0.25) is 0 Å². The number of hydrogen-bond acceptors (Lipinski definition) is 5. The zero-order chi connectivity index (χ0) is 14.8. The Balaban J connectivity index is 2.04. The second kappa shape index (κ2) is 6.23. The van der Waals surface area contributed by atoms with Crippen molar-refractivity contribution in [1.29, 1.82) is 0 Å². The molecule has 2 aromatic rings. The number of halogens is 2. The van der Waals surface area contributed by atoms with Crippen molar-refractivity contribution in [1.82, 2.24) is 9.97 Å².